The van der Waals surface area contributed by atoms with E-state index in [1.807, 2.05) is 12.1 Å². The molecule has 0 radical (unpaired) electrons. The molecule has 1 aromatic rings. The summed E-state index contributed by atoms with van der Waals surface area (Å²) in [5.41, 5.74) is 1.09. The number of fused-ring (bicyclic) bond motifs is 1. The van der Waals surface area contributed by atoms with Crippen molar-refractivity contribution in [3.05, 3.63) is 29.8 Å². The highest BCUT2D eigenvalue weighted by molar-refractivity contribution is 5.83. The molecule has 1 aromatic carbocycles. The van der Waals surface area contributed by atoms with Crippen LogP contribution in [0.3, 0.4) is 0 Å². The predicted molar refractivity (Wildman–Crippen MR) is 82.7 cm³/mol. The standard InChI is InChI=1S/C18H23NO3/c20-13-5-3-4-12(10-13)14-11-15(14)18(21)19-8-9-22-17-7-2-1-6-16(17)19/h3-5,10,14-17,20H,1-2,6-9,11H2/t14-,15+,16+,17+/m1/s1. The van der Waals surface area contributed by atoms with E-state index in [-0.39, 0.29) is 23.7 Å². The molecule has 4 nitrogen and oxygen atoms in total. The van der Waals surface area contributed by atoms with Gasteiger partial charge in [0.05, 0.1) is 18.8 Å². The number of rotatable bonds is 2. The molecule has 0 unspecified atom stereocenters. The zero-order valence-electron chi connectivity index (χ0n) is 12.8. The van der Waals surface area contributed by atoms with Crippen molar-refractivity contribution in [3.8, 4) is 5.75 Å². The number of phenols is 1. The number of aromatic hydroxyl groups is 1. The summed E-state index contributed by atoms with van der Waals surface area (Å²) in [6, 6.07) is 7.63. The topological polar surface area (TPSA) is 49.8 Å². The highest BCUT2D eigenvalue weighted by Gasteiger charge is 2.48. The van der Waals surface area contributed by atoms with Crippen LogP contribution >= 0.6 is 0 Å². The van der Waals surface area contributed by atoms with Gasteiger partial charge in [0.15, 0.2) is 0 Å². The quantitative estimate of drug-likeness (QED) is 0.913. The van der Waals surface area contributed by atoms with Crippen LogP contribution in [0.2, 0.25) is 0 Å². The maximum Gasteiger partial charge on any atom is 0.226 e. The summed E-state index contributed by atoms with van der Waals surface area (Å²) in [5.74, 6) is 0.967. The van der Waals surface area contributed by atoms with E-state index < -0.39 is 0 Å². The first kappa shape index (κ1) is 14.1. The van der Waals surface area contributed by atoms with E-state index in [1.165, 1.54) is 12.8 Å². The Bertz CT molecular complexity index is 571. The minimum absolute atomic E-state index is 0.0995. The minimum atomic E-state index is 0.0995. The summed E-state index contributed by atoms with van der Waals surface area (Å²) >= 11 is 0. The van der Waals surface area contributed by atoms with Crippen LogP contribution in [0.15, 0.2) is 24.3 Å². The molecule has 1 N–H and O–H groups in total. The maximum absolute atomic E-state index is 12.9. The molecule has 1 saturated heterocycles. The first-order valence-electron chi connectivity index (χ1n) is 8.45. The summed E-state index contributed by atoms with van der Waals surface area (Å²) < 4.78 is 5.86. The normalized spacial score (nSPS) is 34.1. The summed E-state index contributed by atoms with van der Waals surface area (Å²) in [5, 5.41) is 9.61. The summed E-state index contributed by atoms with van der Waals surface area (Å²) in [6.07, 6.45) is 5.77. The van der Waals surface area contributed by atoms with Gasteiger partial charge >= 0.3 is 0 Å². The number of hydrogen-bond acceptors (Lipinski definition) is 3. The van der Waals surface area contributed by atoms with Crippen LogP contribution in [0.5, 0.6) is 5.75 Å². The largest absolute Gasteiger partial charge is 0.508 e. The Morgan fingerprint density at radius 3 is 3.00 bits per heavy atom. The second kappa shape index (κ2) is 5.58. The summed E-state index contributed by atoms with van der Waals surface area (Å²) in [7, 11) is 0. The average molecular weight is 301 g/mol. The molecule has 118 valence electrons. The fourth-order valence-electron chi connectivity index (χ4n) is 4.17. The third-order valence-corrected chi connectivity index (χ3v) is 5.42. The van der Waals surface area contributed by atoms with Gasteiger partial charge < -0.3 is 14.7 Å². The zero-order chi connectivity index (χ0) is 15.1. The van der Waals surface area contributed by atoms with Gasteiger partial charge in [0.1, 0.15) is 5.75 Å². The number of carbonyl (C=O) groups is 1. The monoisotopic (exact) mass is 301 g/mol. The molecule has 2 saturated carbocycles. The molecule has 4 atom stereocenters. The fraction of sp³-hybridized carbons (Fsp3) is 0.611. The molecule has 4 heteroatoms. The molecular weight excluding hydrogens is 278 g/mol. The summed E-state index contributed by atoms with van der Waals surface area (Å²) in [6.45, 7) is 1.42. The van der Waals surface area contributed by atoms with Gasteiger partial charge in [-0.05, 0) is 42.9 Å². The van der Waals surface area contributed by atoms with E-state index in [0.29, 0.717) is 18.6 Å². The van der Waals surface area contributed by atoms with Crippen LogP contribution in [0.4, 0.5) is 0 Å². The van der Waals surface area contributed by atoms with Crippen molar-refractivity contribution in [2.75, 3.05) is 13.2 Å². The van der Waals surface area contributed by atoms with Gasteiger partial charge in [-0.3, -0.25) is 4.79 Å². The van der Waals surface area contributed by atoms with E-state index in [9.17, 15) is 9.90 Å². The lowest BCUT2D eigenvalue weighted by atomic mass is 9.90. The molecule has 0 aromatic heterocycles. The number of amides is 1. The first-order chi connectivity index (χ1) is 10.7. The van der Waals surface area contributed by atoms with Crippen molar-refractivity contribution in [2.24, 2.45) is 5.92 Å². The molecule has 3 fully saturated rings. The maximum atomic E-state index is 12.9. The van der Waals surface area contributed by atoms with Gasteiger partial charge in [-0.1, -0.05) is 25.0 Å². The lowest BCUT2D eigenvalue weighted by Crippen LogP contribution is -2.55. The number of carbonyl (C=O) groups excluding carboxylic acids is 1. The third-order valence-electron chi connectivity index (χ3n) is 5.42. The first-order valence-corrected chi connectivity index (χ1v) is 8.45. The molecule has 4 rings (SSSR count). The number of benzene rings is 1. The Kier molecular flexibility index (Phi) is 3.57. The molecule has 1 heterocycles. The van der Waals surface area contributed by atoms with Crippen LogP contribution < -0.4 is 0 Å². The Balaban J connectivity index is 1.46. The predicted octanol–water partition coefficient (Wildman–Crippen LogP) is 2.67. The van der Waals surface area contributed by atoms with Crippen LogP contribution in [-0.2, 0) is 9.53 Å². The van der Waals surface area contributed by atoms with Gasteiger partial charge in [-0.2, -0.15) is 0 Å². The molecule has 1 amide bonds. The molecule has 3 aliphatic rings. The van der Waals surface area contributed by atoms with Crippen LogP contribution in [0, 0.1) is 5.92 Å². The summed E-state index contributed by atoms with van der Waals surface area (Å²) in [4.78, 5) is 15.0. The lowest BCUT2D eigenvalue weighted by Gasteiger charge is -2.44. The van der Waals surface area contributed by atoms with Crippen molar-refractivity contribution in [2.45, 2.75) is 50.2 Å². The van der Waals surface area contributed by atoms with E-state index in [1.54, 1.807) is 12.1 Å². The number of morpholine rings is 1. The molecule has 0 spiro atoms. The second-order valence-electron chi connectivity index (χ2n) is 6.84. The number of nitrogens with zero attached hydrogens (tertiary/aromatic N) is 1. The fourth-order valence-corrected chi connectivity index (χ4v) is 4.17. The van der Waals surface area contributed by atoms with E-state index in [0.717, 1.165) is 31.4 Å². The Hall–Kier alpha value is -1.55. The van der Waals surface area contributed by atoms with E-state index in [2.05, 4.69) is 4.90 Å². The number of phenolic OH excluding ortho intramolecular Hbond substituents is 1. The van der Waals surface area contributed by atoms with Gasteiger partial charge in [-0.25, -0.2) is 0 Å². The molecule has 1 aliphatic heterocycles. The number of ether oxygens (including phenoxy) is 1. The smallest absolute Gasteiger partial charge is 0.226 e. The van der Waals surface area contributed by atoms with Crippen molar-refractivity contribution >= 4 is 5.91 Å². The molecule has 22 heavy (non-hydrogen) atoms. The van der Waals surface area contributed by atoms with Crippen molar-refractivity contribution in [1.29, 1.82) is 0 Å². The SMILES string of the molecule is O=C([C@H]1C[C@@H]1c1cccc(O)c1)N1CCO[C@H]2CCCC[C@@H]21. The Morgan fingerprint density at radius 2 is 2.14 bits per heavy atom. The Morgan fingerprint density at radius 1 is 1.27 bits per heavy atom. The molecule has 2 aliphatic carbocycles. The van der Waals surface area contributed by atoms with E-state index in [4.69, 9.17) is 4.74 Å². The number of hydrogen-bond donors (Lipinski definition) is 1. The van der Waals surface area contributed by atoms with E-state index >= 15 is 0 Å². The zero-order valence-corrected chi connectivity index (χ0v) is 12.8. The third kappa shape index (κ3) is 2.50. The molecule has 0 bridgehead atoms. The average Bonchev–Trinajstić information content (AvgIpc) is 3.34. The van der Waals surface area contributed by atoms with Gasteiger partial charge in [0.25, 0.3) is 0 Å². The van der Waals surface area contributed by atoms with Gasteiger partial charge in [0.2, 0.25) is 5.91 Å². The lowest BCUT2D eigenvalue weighted by molar-refractivity contribution is -0.151. The minimum Gasteiger partial charge on any atom is -0.508 e. The van der Waals surface area contributed by atoms with Gasteiger partial charge in [-0.15, -0.1) is 0 Å². The van der Waals surface area contributed by atoms with Crippen LogP contribution in [-0.4, -0.2) is 41.2 Å². The van der Waals surface area contributed by atoms with Gasteiger partial charge in [0, 0.05) is 12.5 Å². The molecular formula is C18H23NO3. The highest BCUT2D eigenvalue weighted by Crippen LogP contribution is 2.49. The van der Waals surface area contributed by atoms with Crippen molar-refractivity contribution < 1.29 is 14.6 Å². The van der Waals surface area contributed by atoms with Crippen LogP contribution in [0.25, 0.3) is 0 Å². The Labute approximate surface area is 131 Å². The highest BCUT2D eigenvalue weighted by atomic mass is 16.5. The van der Waals surface area contributed by atoms with Crippen molar-refractivity contribution in [1.82, 2.24) is 4.90 Å². The van der Waals surface area contributed by atoms with Crippen LogP contribution in [0.1, 0.15) is 43.6 Å². The second-order valence-corrected chi connectivity index (χ2v) is 6.84. The van der Waals surface area contributed by atoms with Crippen molar-refractivity contribution in [3.63, 3.8) is 0 Å².